The summed E-state index contributed by atoms with van der Waals surface area (Å²) in [7, 11) is 0. The number of nitrogens with zero attached hydrogens (tertiary/aromatic N) is 1. The molecule has 0 fully saturated rings. The first kappa shape index (κ1) is 21.9. The van der Waals surface area contributed by atoms with Crippen molar-refractivity contribution in [2.45, 2.75) is 52.2 Å². The third-order valence-electron chi connectivity index (χ3n) is 4.73. The van der Waals surface area contributed by atoms with Gasteiger partial charge < -0.3 is 10.2 Å². The van der Waals surface area contributed by atoms with Gasteiger partial charge in [0.2, 0.25) is 11.8 Å². The van der Waals surface area contributed by atoms with Crippen LogP contribution in [0.4, 0.5) is 4.39 Å². The fraction of sp³-hybridized carbons (Fsp3) is 0.364. The highest BCUT2D eigenvalue weighted by atomic mass is 35.5. The SMILES string of the molecule is CC[C@H](C)NC(=O)[C@@H](C)N(Cc1ccc(Cl)cc1)C(=O)Cc1ccccc1F. The summed E-state index contributed by atoms with van der Waals surface area (Å²) in [6, 6.07) is 12.6. The van der Waals surface area contributed by atoms with E-state index in [4.69, 9.17) is 11.6 Å². The summed E-state index contributed by atoms with van der Waals surface area (Å²) in [5, 5.41) is 3.50. The molecule has 0 radical (unpaired) electrons. The zero-order valence-corrected chi connectivity index (χ0v) is 17.2. The van der Waals surface area contributed by atoms with Gasteiger partial charge in [0.1, 0.15) is 11.9 Å². The van der Waals surface area contributed by atoms with Crippen molar-refractivity contribution in [3.63, 3.8) is 0 Å². The summed E-state index contributed by atoms with van der Waals surface area (Å²) in [6.07, 6.45) is 0.681. The molecule has 150 valence electrons. The molecule has 0 unspecified atom stereocenters. The average molecular weight is 405 g/mol. The number of carbonyl (C=O) groups is 2. The Hall–Kier alpha value is -2.40. The maximum atomic E-state index is 14.0. The van der Waals surface area contributed by atoms with Gasteiger partial charge >= 0.3 is 0 Å². The quantitative estimate of drug-likeness (QED) is 0.710. The lowest BCUT2D eigenvalue weighted by Crippen LogP contribution is -2.49. The molecule has 2 aromatic rings. The van der Waals surface area contributed by atoms with Crippen LogP contribution in [0.25, 0.3) is 0 Å². The number of rotatable bonds is 8. The van der Waals surface area contributed by atoms with Crippen LogP contribution in [0.1, 0.15) is 38.3 Å². The molecule has 4 nitrogen and oxygen atoms in total. The third kappa shape index (κ3) is 6.06. The molecule has 2 amide bonds. The van der Waals surface area contributed by atoms with Crippen LogP contribution in [0.3, 0.4) is 0 Å². The number of halogens is 2. The largest absolute Gasteiger partial charge is 0.352 e. The Bertz CT molecular complexity index is 810. The van der Waals surface area contributed by atoms with Crippen molar-refractivity contribution in [1.82, 2.24) is 10.2 Å². The van der Waals surface area contributed by atoms with E-state index in [-0.39, 0.29) is 30.8 Å². The van der Waals surface area contributed by atoms with Gasteiger partial charge in [-0.2, -0.15) is 0 Å². The lowest BCUT2D eigenvalue weighted by molar-refractivity contribution is -0.140. The average Bonchev–Trinajstić information content (AvgIpc) is 2.68. The van der Waals surface area contributed by atoms with Crippen molar-refractivity contribution >= 4 is 23.4 Å². The zero-order chi connectivity index (χ0) is 20.7. The minimum absolute atomic E-state index is 0.00833. The molecule has 0 heterocycles. The van der Waals surface area contributed by atoms with E-state index < -0.39 is 11.9 Å². The van der Waals surface area contributed by atoms with Crippen molar-refractivity contribution < 1.29 is 14.0 Å². The number of carbonyl (C=O) groups excluding carboxylic acids is 2. The lowest BCUT2D eigenvalue weighted by atomic mass is 10.1. The standard InChI is InChI=1S/C22H26ClFN2O2/c1-4-15(2)25-22(28)16(3)26(14-17-9-11-19(23)12-10-17)21(27)13-18-7-5-6-8-20(18)24/h5-12,15-16H,4,13-14H2,1-3H3,(H,25,28)/t15-,16+/m0/s1. The van der Waals surface area contributed by atoms with Crippen LogP contribution < -0.4 is 5.32 Å². The molecule has 0 aliphatic heterocycles. The second-order valence-corrected chi connectivity index (χ2v) is 7.35. The van der Waals surface area contributed by atoms with E-state index >= 15 is 0 Å². The molecule has 2 aromatic carbocycles. The Morgan fingerprint density at radius 3 is 2.36 bits per heavy atom. The molecular formula is C22H26ClFN2O2. The fourth-order valence-electron chi connectivity index (χ4n) is 2.74. The van der Waals surface area contributed by atoms with Gasteiger partial charge in [0.25, 0.3) is 0 Å². The van der Waals surface area contributed by atoms with Gasteiger partial charge in [-0.15, -0.1) is 0 Å². The van der Waals surface area contributed by atoms with E-state index in [1.54, 1.807) is 37.3 Å². The third-order valence-corrected chi connectivity index (χ3v) is 4.99. The van der Waals surface area contributed by atoms with Gasteiger partial charge in [-0.05, 0) is 49.6 Å². The maximum Gasteiger partial charge on any atom is 0.242 e. The van der Waals surface area contributed by atoms with Crippen LogP contribution in [0, 0.1) is 5.82 Å². The highest BCUT2D eigenvalue weighted by molar-refractivity contribution is 6.30. The molecule has 0 spiro atoms. The number of benzene rings is 2. The van der Waals surface area contributed by atoms with E-state index in [2.05, 4.69) is 5.32 Å². The summed E-state index contributed by atoms with van der Waals surface area (Å²) in [4.78, 5) is 27.1. The fourth-order valence-corrected chi connectivity index (χ4v) is 2.87. The van der Waals surface area contributed by atoms with Crippen LogP contribution in [0.5, 0.6) is 0 Å². The molecule has 0 bridgehead atoms. The van der Waals surface area contributed by atoms with Crippen LogP contribution in [0.2, 0.25) is 5.02 Å². The molecule has 1 N–H and O–H groups in total. The molecule has 28 heavy (non-hydrogen) atoms. The van der Waals surface area contributed by atoms with E-state index in [1.807, 2.05) is 26.0 Å². The van der Waals surface area contributed by atoms with E-state index in [9.17, 15) is 14.0 Å². The Morgan fingerprint density at radius 2 is 1.75 bits per heavy atom. The summed E-state index contributed by atoms with van der Waals surface area (Å²) in [5.41, 5.74) is 1.15. The highest BCUT2D eigenvalue weighted by Gasteiger charge is 2.27. The van der Waals surface area contributed by atoms with Gasteiger partial charge in [-0.25, -0.2) is 4.39 Å². The Labute approximate surface area is 170 Å². The van der Waals surface area contributed by atoms with Gasteiger partial charge in [0, 0.05) is 17.6 Å². The first-order valence-corrected chi connectivity index (χ1v) is 9.77. The first-order chi connectivity index (χ1) is 13.3. The molecular weight excluding hydrogens is 379 g/mol. The minimum atomic E-state index is -0.691. The normalized spacial score (nSPS) is 12.9. The molecule has 0 saturated heterocycles. The molecule has 0 aliphatic carbocycles. The van der Waals surface area contributed by atoms with Crippen LogP contribution >= 0.6 is 11.6 Å². The Balaban J connectivity index is 2.23. The molecule has 0 aromatic heterocycles. The molecule has 0 saturated carbocycles. The van der Waals surface area contributed by atoms with Crippen molar-refractivity contribution in [3.8, 4) is 0 Å². The summed E-state index contributed by atoms with van der Waals surface area (Å²) >= 11 is 5.94. The summed E-state index contributed by atoms with van der Waals surface area (Å²) in [5.74, 6) is -0.976. The number of hydrogen-bond donors (Lipinski definition) is 1. The van der Waals surface area contributed by atoms with Crippen molar-refractivity contribution in [2.24, 2.45) is 0 Å². The molecule has 2 rings (SSSR count). The van der Waals surface area contributed by atoms with E-state index in [1.165, 1.54) is 11.0 Å². The van der Waals surface area contributed by atoms with Gasteiger partial charge in [-0.1, -0.05) is 48.9 Å². The van der Waals surface area contributed by atoms with Crippen LogP contribution in [-0.2, 0) is 22.6 Å². The topological polar surface area (TPSA) is 49.4 Å². The second kappa shape index (κ2) is 10.2. The van der Waals surface area contributed by atoms with E-state index in [0.29, 0.717) is 10.6 Å². The number of amides is 2. The van der Waals surface area contributed by atoms with Crippen LogP contribution in [0.15, 0.2) is 48.5 Å². The Kier molecular flexibility index (Phi) is 8.00. The van der Waals surface area contributed by atoms with Gasteiger partial charge in [0.15, 0.2) is 0 Å². The lowest BCUT2D eigenvalue weighted by Gasteiger charge is -2.30. The molecule has 0 aliphatic rings. The highest BCUT2D eigenvalue weighted by Crippen LogP contribution is 2.16. The summed E-state index contributed by atoms with van der Waals surface area (Å²) < 4.78 is 14.0. The van der Waals surface area contributed by atoms with Crippen molar-refractivity contribution in [2.75, 3.05) is 0 Å². The monoisotopic (exact) mass is 404 g/mol. The predicted octanol–water partition coefficient (Wildman–Crippen LogP) is 4.35. The maximum absolute atomic E-state index is 14.0. The van der Waals surface area contributed by atoms with Crippen molar-refractivity contribution in [3.05, 3.63) is 70.5 Å². The van der Waals surface area contributed by atoms with Gasteiger partial charge in [0.05, 0.1) is 6.42 Å². The summed E-state index contributed by atoms with van der Waals surface area (Å²) in [6.45, 7) is 5.81. The van der Waals surface area contributed by atoms with Gasteiger partial charge in [-0.3, -0.25) is 9.59 Å². The van der Waals surface area contributed by atoms with E-state index in [0.717, 1.165) is 12.0 Å². The minimum Gasteiger partial charge on any atom is -0.352 e. The number of hydrogen-bond acceptors (Lipinski definition) is 2. The molecule has 2 atom stereocenters. The predicted molar refractivity (Wildman–Crippen MR) is 109 cm³/mol. The zero-order valence-electron chi connectivity index (χ0n) is 16.4. The number of nitrogens with one attached hydrogen (secondary N) is 1. The van der Waals surface area contributed by atoms with Crippen molar-refractivity contribution in [1.29, 1.82) is 0 Å². The smallest absolute Gasteiger partial charge is 0.242 e. The Morgan fingerprint density at radius 1 is 1.11 bits per heavy atom. The second-order valence-electron chi connectivity index (χ2n) is 6.91. The van der Waals surface area contributed by atoms with Crippen LogP contribution in [-0.4, -0.2) is 28.8 Å². The first-order valence-electron chi connectivity index (χ1n) is 9.39. The molecule has 6 heteroatoms.